The summed E-state index contributed by atoms with van der Waals surface area (Å²) in [5, 5.41) is 0. The van der Waals surface area contributed by atoms with Crippen molar-refractivity contribution in [3.8, 4) is 0 Å². The molecule has 0 aromatic rings. The molecule has 4 unspecified atom stereocenters. The predicted molar refractivity (Wildman–Crippen MR) is 43.7 cm³/mol. The first-order valence-electron chi connectivity index (χ1n) is 4.51. The molecule has 0 nitrogen and oxygen atoms in total. The van der Waals surface area contributed by atoms with Gasteiger partial charge in [-0.3, -0.25) is 0 Å². The van der Waals surface area contributed by atoms with E-state index in [1.54, 1.807) is 0 Å². The van der Waals surface area contributed by atoms with Gasteiger partial charge < -0.3 is 0 Å². The van der Waals surface area contributed by atoms with Gasteiger partial charge in [-0.25, -0.2) is 0 Å². The van der Waals surface area contributed by atoms with Gasteiger partial charge in [-0.2, -0.15) is 0 Å². The largest absolute Gasteiger partial charge is 0.0848 e. The number of fused-ring (bicyclic) bond motifs is 2. The van der Waals surface area contributed by atoms with Crippen molar-refractivity contribution < 1.29 is 0 Å². The first-order valence-corrected chi connectivity index (χ1v) is 4.51. The van der Waals surface area contributed by atoms with Gasteiger partial charge in [-0.05, 0) is 30.1 Å². The Hall–Kier alpha value is -0.260. The van der Waals surface area contributed by atoms with Gasteiger partial charge in [0.1, 0.15) is 0 Å². The summed E-state index contributed by atoms with van der Waals surface area (Å²) >= 11 is 0. The van der Waals surface area contributed by atoms with Crippen LogP contribution in [0.1, 0.15) is 26.7 Å². The maximum atomic E-state index is 2.44. The van der Waals surface area contributed by atoms with Crippen molar-refractivity contribution in [1.29, 1.82) is 0 Å². The van der Waals surface area contributed by atoms with Gasteiger partial charge in [0.2, 0.25) is 0 Å². The van der Waals surface area contributed by atoms with Crippen LogP contribution in [0.5, 0.6) is 0 Å². The lowest BCUT2D eigenvalue weighted by atomic mass is 9.83. The van der Waals surface area contributed by atoms with E-state index >= 15 is 0 Å². The second kappa shape index (κ2) is 2.11. The molecule has 2 aliphatic carbocycles. The third-order valence-corrected chi connectivity index (χ3v) is 3.52. The third kappa shape index (κ3) is 0.680. The molecule has 0 radical (unpaired) electrons. The van der Waals surface area contributed by atoms with Crippen molar-refractivity contribution in [3.05, 3.63) is 12.2 Å². The van der Waals surface area contributed by atoms with Crippen molar-refractivity contribution in [2.45, 2.75) is 26.7 Å². The van der Waals surface area contributed by atoms with E-state index < -0.39 is 0 Å². The Labute approximate surface area is 63.3 Å². The number of allylic oxidation sites excluding steroid dienone is 2. The summed E-state index contributed by atoms with van der Waals surface area (Å²) in [5.41, 5.74) is 0. The van der Waals surface area contributed by atoms with Crippen LogP contribution in [0.2, 0.25) is 0 Å². The Morgan fingerprint density at radius 3 is 2.40 bits per heavy atom. The summed E-state index contributed by atoms with van der Waals surface area (Å²) in [7, 11) is 0. The molecule has 10 heavy (non-hydrogen) atoms. The average Bonchev–Trinajstić information content (AvgIpc) is 2.46. The minimum absolute atomic E-state index is 0.940. The number of hydrogen-bond donors (Lipinski definition) is 0. The molecular formula is C10H16. The molecule has 0 aromatic carbocycles. The minimum Gasteiger partial charge on any atom is -0.0848 e. The molecule has 1 fully saturated rings. The monoisotopic (exact) mass is 136 g/mol. The quantitative estimate of drug-likeness (QED) is 0.486. The summed E-state index contributed by atoms with van der Waals surface area (Å²) in [5.74, 6) is 3.87. The van der Waals surface area contributed by atoms with E-state index in [4.69, 9.17) is 0 Å². The molecule has 0 spiro atoms. The van der Waals surface area contributed by atoms with Crippen molar-refractivity contribution in [2.75, 3.05) is 0 Å². The first kappa shape index (κ1) is 6.45. The van der Waals surface area contributed by atoms with Gasteiger partial charge in [0, 0.05) is 0 Å². The number of rotatable bonds is 1. The lowest BCUT2D eigenvalue weighted by Gasteiger charge is -2.22. The highest BCUT2D eigenvalue weighted by molar-refractivity contribution is 5.12. The van der Waals surface area contributed by atoms with Crippen LogP contribution in [0.4, 0.5) is 0 Å². The normalized spacial score (nSPS) is 50.6. The zero-order chi connectivity index (χ0) is 7.14. The molecule has 0 heteroatoms. The lowest BCUT2D eigenvalue weighted by Crippen LogP contribution is -2.15. The second-order valence-corrected chi connectivity index (χ2v) is 3.88. The van der Waals surface area contributed by atoms with Crippen LogP contribution in [0.25, 0.3) is 0 Å². The standard InChI is InChI=1S/C10H16/c1-3-10-7(2)8-4-5-9(10)6-8/h4-5,7-10H,3,6H2,1-2H3. The molecule has 2 aliphatic rings. The van der Waals surface area contributed by atoms with Gasteiger partial charge >= 0.3 is 0 Å². The first-order chi connectivity index (χ1) is 4.83. The van der Waals surface area contributed by atoms with E-state index in [-0.39, 0.29) is 0 Å². The highest BCUT2D eigenvalue weighted by atomic mass is 14.4. The molecule has 2 bridgehead atoms. The minimum atomic E-state index is 0.940. The van der Waals surface area contributed by atoms with Gasteiger partial charge in [-0.15, -0.1) is 0 Å². The molecule has 0 aromatic heterocycles. The Balaban J connectivity index is 2.18. The van der Waals surface area contributed by atoms with Crippen molar-refractivity contribution >= 4 is 0 Å². The highest BCUT2D eigenvalue weighted by Gasteiger charge is 2.40. The van der Waals surface area contributed by atoms with Crippen molar-refractivity contribution in [3.63, 3.8) is 0 Å². The molecule has 2 rings (SSSR count). The van der Waals surface area contributed by atoms with Crippen LogP contribution in [0.3, 0.4) is 0 Å². The maximum Gasteiger partial charge on any atom is -0.0197 e. The van der Waals surface area contributed by atoms with Gasteiger partial charge in [0.15, 0.2) is 0 Å². The van der Waals surface area contributed by atoms with Crippen molar-refractivity contribution in [2.24, 2.45) is 23.7 Å². The Kier molecular flexibility index (Phi) is 1.36. The van der Waals surface area contributed by atoms with Gasteiger partial charge in [0.25, 0.3) is 0 Å². The van der Waals surface area contributed by atoms with Gasteiger partial charge in [-0.1, -0.05) is 32.4 Å². The van der Waals surface area contributed by atoms with E-state index in [1.807, 2.05) is 0 Å². The summed E-state index contributed by atoms with van der Waals surface area (Å²) in [6.07, 6.45) is 7.71. The summed E-state index contributed by atoms with van der Waals surface area (Å²) in [6.45, 7) is 4.75. The lowest BCUT2D eigenvalue weighted by molar-refractivity contribution is 0.325. The predicted octanol–water partition coefficient (Wildman–Crippen LogP) is 2.85. The maximum absolute atomic E-state index is 2.44. The summed E-state index contributed by atoms with van der Waals surface area (Å²) < 4.78 is 0. The molecule has 0 heterocycles. The smallest absolute Gasteiger partial charge is 0.0197 e. The SMILES string of the molecule is CCC1C2C=CC(C2)C1C. The van der Waals surface area contributed by atoms with Gasteiger partial charge in [0.05, 0.1) is 0 Å². The fourth-order valence-electron chi connectivity index (χ4n) is 2.85. The summed E-state index contributed by atoms with van der Waals surface area (Å²) in [6, 6.07) is 0. The fraction of sp³-hybridized carbons (Fsp3) is 0.800. The Morgan fingerprint density at radius 2 is 2.00 bits per heavy atom. The van der Waals surface area contributed by atoms with Crippen LogP contribution in [-0.4, -0.2) is 0 Å². The van der Waals surface area contributed by atoms with Crippen LogP contribution >= 0.6 is 0 Å². The molecule has 0 amide bonds. The molecule has 4 atom stereocenters. The molecular weight excluding hydrogens is 120 g/mol. The van der Waals surface area contributed by atoms with E-state index in [9.17, 15) is 0 Å². The topological polar surface area (TPSA) is 0 Å². The third-order valence-electron chi connectivity index (χ3n) is 3.52. The zero-order valence-corrected chi connectivity index (χ0v) is 6.88. The summed E-state index contributed by atoms with van der Waals surface area (Å²) in [4.78, 5) is 0. The Morgan fingerprint density at radius 1 is 1.30 bits per heavy atom. The van der Waals surface area contributed by atoms with Crippen LogP contribution in [0, 0.1) is 23.7 Å². The number of hydrogen-bond acceptors (Lipinski definition) is 0. The van der Waals surface area contributed by atoms with E-state index in [1.165, 1.54) is 12.8 Å². The zero-order valence-electron chi connectivity index (χ0n) is 6.88. The van der Waals surface area contributed by atoms with Crippen LogP contribution < -0.4 is 0 Å². The molecule has 0 N–H and O–H groups in total. The van der Waals surface area contributed by atoms with E-state index in [2.05, 4.69) is 26.0 Å². The molecule has 56 valence electrons. The average molecular weight is 136 g/mol. The van der Waals surface area contributed by atoms with Crippen LogP contribution in [0.15, 0.2) is 12.2 Å². The van der Waals surface area contributed by atoms with E-state index in [0.717, 1.165) is 23.7 Å². The molecule has 0 aliphatic heterocycles. The highest BCUT2D eigenvalue weighted by Crippen LogP contribution is 2.48. The molecule has 0 saturated heterocycles. The Bertz CT molecular complexity index is 157. The molecule has 1 saturated carbocycles. The van der Waals surface area contributed by atoms with Crippen LogP contribution in [-0.2, 0) is 0 Å². The van der Waals surface area contributed by atoms with Crippen molar-refractivity contribution in [1.82, 2.24) is 0 Å². The van der Waals surface area contributed by atoms with E-state index in [0.29, 0.717) is 0 Å². The fourth-order valence-corrected chi connectivity index (χ4v) is 2.85. The second-order valence-electron chi connectivity index (χ2n) is 3.88.